The summed E-state index contributed by atoms with van der Waals surface area (Å²) in [5, 5.41) is 5.00. The molecule has 9 heteroatoms. The van der Waals surface area contributed by atoms with Crippen molar-refractivity contribution in [1.29, 1.82) is 0 Å². The minimum atomic E-state index is -0.411. The topological polar surface area (TPSA) is 115 Å². The molecule has 3 aromatic heterocycles. The number of amides is 2. The summed E-state index contributed by atoms with van der Waals surface area (Å²) in [5.74, 6) is 0.542. The summed E-state index contributed by atoms with van der Waals surface area (Å²) < 4.78 is 6.32. The maximum atomic E-state index is 12.8. The lowest BCUT2D eigenvalue weighted by Crippen LogP contribution is -2.28. The Bertz CT molecular complexity index is 1280. The van der Waals surface area contributed by atoms with E-state index >= 15 is 0 Å². The molecular formula is C23H21N5O3S. The SMILES string of the molecule is NC(=O)c1sc2ccccc2c1[C@@H]1CCN(C(=O)CCc2nc(-c3ccccn3)no2)C1. The van der Waals surface area contributed by atoms with Crippen molar-refractivity contribution in [2.24, 2.45) is 5.73 Å². The number of hydrogen-bond acceptors (Lipinski definition) is 7. The molecule has 1 aliphatic rings. The summed E-state index contributed by atoms with van der Waals surface area (Å²) in [7, 11) is 0. The van der Waals surface area contributed by atoms with Gasteiger partial charge in [0.05, 0.1) is 4.88 Å². The second-order valence-electron chi connectivity index (χ2n) is 7.76. The average Bonchev–Trinajstić information content (AvgIpc) is 3.56. The van der Waals surface area contributed by atoms with Gasteiger partial charge >= 0.3 is 0 Å². The van der Waals surface area contributed by atoms with E-state index in [4.69, 9.17) is 10.3 Å². The molecule has 1 aromatic carbocycles. The molecule has 162 valence electrons. The Kier molecular flexibility index (Phi) is 5.40. The van der Waals surface area contributed by atoms with Gasteiger partial charge in [0.25, 0.3) is 5.91 Å². The lowest BCUT2D eigenvalue weighted by molar-refractivity contribution is -0.130. The van der Waals surface area contributed by atoms with Crippen molar-refractivity contribution in [3.63, 3.8) is 0 Å². The maximum Gasteiger partial charge on any atom is 0.259 e. The van der Waals surface area contributed by atoms with E-state index in [1.165, 1.54) is 11.3 Å². The van der Waals surface area contributed by atoms with E-state index in [1.807, 2.05) is 41.3 Å². The quantitative estimate of drug-likeness (QED) is 0.484. The number of aromatic nitrogens is 3. The Morgan fingerprint density at radius 1 is 1.19 bits per heavy atom. The summed E-state index contributed by atoms with van der Waals surface area (Å²) in [5.41, 5.74) is 7.27. The molecule has 32 heavy (non-hydrogen) atoms. The first-order valence-corrected chi connectivity index (χ1v) is 11.2. The van der Waals surface area contributed by atoms with Gasteiger partial charge in [-0.05, 0) is 35.6 Å². The third-order valence-electron chi connectivity index (χ3n) is 5.72. The van der Waals surface area contributed by atoms with Crippen molar-refractivity contribution >= 4 is 33.2 Å². The number of primary amides is 1. The normalized spacial score (nSPS) is 16.0. The Balaban J connectivity index is 1.25. The molecule has 1 atom stereocenters. The molecule has 1 aliphatic heterocycles. The monoisotopic (exact) mass is 447 g/mol. The van der Waals surface area contributed by atoms with Gasteiger partial charge in [0.15, 0.2) is 0 Å². The smallest absolute Gasteiger partial charge is 0.259 e. The van der Waals surface area contributed by atoms with E-state index in [2.05, 4.69) is 15.1 Å². The number of pyridine rings is 1. The fraction of sp³-hybridized carbons (Fsp3) is 0.261. The summed E-state index contributed by atoms with van der Waals surface area (Å²) in [6.07, 6.45) is 3.12. The maximum absolute atomic E-state index is 12.8. The van der Waals surface area contributed by atoms with Crippen LogP contribution in [0.4, 0.5) is 0 Å². The van der Waals surface area contributed by atoms with Crippen LogP contribution in [0, 0.1) is 0 Å². The van der Waals surface area contributed by atoms with E-state index in [1.54, 1.807) is 12.3 Å². The van der Waals surface area contributed by atoms with Crippen LogP contribution in [0.3, 0.4) is 0 Å². The second-order valence-corrected chi connectivity index (χ2v) is 8.81. The zero-order chi connectivity index (χ0) is 22.1. The highest BCUT2D eigenvalue weighted by Crippen LogP contribution is 2.40. The molecule has 0 spiro atoms. The van der Waals surface area contributed by atoms with Gasteiger partial charge < -0.3 is 15.2 Å². The lowest BCUT2D eigenvalue weighted by Gasteiger charge is -2.16. The third-order valence-corrected chi connectivity index (χ3v) is 6.92. The number of nitrogens with two attached hydrogens (primary N) is 1. The first-order chi connectivity index (χ1) is 15.6. The van der Waals surface area contributed by atoms with Gasteiger partial charge in [-0.25, -0.2) is 0 Å². The van der Waals surface area contributed by atoms with Crippen LogP contribution in [-0.4, -0.2) is 44.9 Å². The molecule has 0 bridgehead atoms. The van der Waals surface area contributed by atoms with Crippen LogP contribution in [-0.2, 0) is 11.2 Å². The molecule has 2 N–H and O–H groups in total. The van der Waals surface area contributed by atoms with E-state index in [-0.39, 0.29) is 18.2 Å². The molecular weight excluding hydrogens is 426 g/mol. The molecule has 4 heterocycles. The molecule has 8 nitrogen and oxygen atoms in total. The number of rotatable bonds is 6. The van der Waals surface area contributed by atoms with Crippen LogP contribution in [0.1, 0.15) is 39.9 Å². The molecule has 0 aliphatic carbocycles. The number of benzene rings is 1. The number of aryl methyl sites for hydroxylation is 1. The summed E-state index contributed by atoms with van der Waals surface area (Å²) >= 11 is 1.43. The van der Waals surface area contributed by atoms with Crippen LogP contribution in [0.25, 0.3) is 21.6 Å². The highest BCUT2D eigenvalue weighted by Gasteiger charge is 2.32. The van der Waals surface area contributed by atoms with Crippen molar-refractivity contribution in [3.05, 3.63) is 65.0 Å². The zero-order valence-corrected chi connectivity index (χ0v) is 18.0. The van der Waals surface area contributed by atoms with Gasteiger partial charge in [0.1, 0.15) is 5.69 Å². The molecule has 2 amide bonds. The number of nitrogens with zero attached hydrogens (tertiary/aromatic N) is 4. The van der Waals surface area contributed by atoms with Gasteiger partial charge in [0, 0.05) is 42.7 Å². The minimum Gasteiger partial charge on any atom is -0.365 e. The average molecular weight is 448 g/mol. The Morgan fingerprint density at radius 3 is 2.84 bits per heavy atom. The lowest BCUT2D eigenvalue weighted by atomic mass is 9.95. The Labute approximate surface area is 188 Å². The van der Waals surface area contributed by atoms with Crippen LogP contribution >= 0.6 is 11.3 Å². The highest BCUT2D eigenvalue weighted by atomic mass is 32.1. The largest absolute Gasteiger partial charge is 0.365 e. The zero-order valence-electron chi connectivity index (χ0n) is 17.2. The van der Waals surface area contributed by atoms with Crippen molar-refractivity contribution in [2.45, 2.75) is 25.2 Å². The van der Waals surface area contributed by atoms with Crippen LogP contribution in [0.5, 0.6) is 0 Å². The number of carbonyl (C=O) groups excluding carboxylic acids is 2. The molecule has 1 fully saturated rings. The highest BCUT2D eigenvalue weighted by molar-refractivity contribution is 7.21. The van der Waals surface area contributed by atoms with Gasteiger partial charge in [0.2, 0.25) is 17.6 Å². The molecule has 5 rings (SSSR count). The first-order valence-electron chi connectivity index (χ1n) is 10.4. The van der Waals surface area contributed by atoms with Crippen molar-refractivity contribution < 1.29 is 14.1 Å². The van der Waals surface area contributed by atoms with E-state index in [0.717, 1.165) is 22.1 Å². The predicted octanol–water partition coefficient (Wildman–Crippen LogP) is 3.39. The van der Waals surface area contributed by atoms with Crippen molar-refractivity contribution in [2.75, 3.05) is 13.1 Å². The number of hydrogen-bond donors (Lipinski definition) is 1. The fourth-order valence-electron chi connectivity index (χ4n) is 4.20. The van der Waals surface area contributed by atoms with Gasteiger partial charge in [-0.2, -0.15) is 4.98 Å². The molecule has 0 saturated carbocycles. The van der Waals surface area contributed by atoms with Crippen molar-refractivity contribution in [1.82, 2.24) is 20.0 Å². The Morgan fingerprint density at radius 2 is 2.03 bits per heavy atom. The van der Waals surface area contributed by atoms with Gasteiger partial charge in [-0.3, -0.25) is 14.6 Å². The minimum absolute atomic E-state index is 0.0326. The number of carbonyl (C=O) groups is 2. The molecule has 4 aromatic rings. The van der Waals surface area contributed by atoms with E-state index < -0.39 is 5.91 Å². The van der Waals surface area contributed by atoms with Gasteiger partial charge in [-0.15, -0.1) is 11.3 Å². The van der Waals surface area contributed by atoms with Crippen LogP contribution in [0.2, 0.25) is 0 Å². The predicted molar refractivity (Wildman–Crippen MR) is 120 cm³/mol. The summed E-state index contributed by atoms with van der Waals surface area (Å²) in [6.45, 7) is 1.22. The third kappa shape index (κ3) is 3.87. The van der Waals surface area contributed by atoms with E-state index in [9.17, 15) is 9.59 Å². The molecule has 0 unspecified atom stereocenters. The number of likely N-dealkylation sites (tertiary alicyclic amines) is 1. The van der Waals surface area contributed by atoms with Gasteiger partial charge in [-0.1, -0.05) is 29.4 Å². The standard InChI is InChI=1S/C23H21N5O3S/c24-22(30)21-20(15-5-1-2-7-17(15)32-21)14-10-12-28(13-14)19(29)9-8-18-26-23(27-31-18)16-6-3-4-11-25-16/h1-7,11,14H,8-10,12-13H2,(H2,24,30)/t14-/m1/s1. The summed E-state index contributed by atoms with van der Waals surface area (Å²) in [6, 6.07) is 13.4. The fourth-order valence-corrected chi connectivity index (χ4v) is 5.35. The molecule has 0 radical (unpaired) electrons. The number of fused-ring (bicyclic) bond motifs is 1. The van der Waals surface area contributed by atoms with Crippen LogP contribution in [0.15, 0.2) is 53.2 Å². The molecule has 1 saturated heterocycles. The van der Waals surface area contributed by atoms with E-state index in [0.29, 0.717) is 41.8 Å². The second kappa shape index (κ2) is 8.51. The van der Waals surface area contributed by atoms with Crippen LogP contribution < -0.4 is 5.73 Å². The summed E-state index contributed by atoms with van der Waals surface area (Å²) in [4.78, 5) is 35.9. The van der Waals surface area contributed by atoms with Crippen molar-refractivity contribution in [3.8, 4) is 11.5 Å². The Hall–Kier alpha value is -3.59. The first kappa shape index (κ1) is 20.3. The number of thiophene rings is 1.